The van der Waals surface area contributed by atoms with Crippen molar-refractivity contribution < 1.29 is 23.7 Å². The predicted octanol–water partition coefficient (Wildman–Crippen LogP) is 1.83. The lowest BCUT2D eigenvalue weighted by Crippen LogP contribution is -2.39. The van der Waals surface area contributed by atoms with Crippen molar-refractivity contribution in [2.45, 2.75) is 0 Å². The van der Waals surface area contributed by atoms with Crippen molar-refractivity contribution in [2.24, 2.45) is 0 Å². The van der Waals surface area contributed by atoms with Crippen LogP contribution in [0.4, 0.5) is 10.5 Å². The Morgan fingerprint density at radius 1 is 1.00 bits per heavy atom. The molecule has 0 aliphatic heterocycles. The van der Waals surface area contributed by atoms with Crippen molar-refractivity contribution in [3.05, 3.63) is 18.2 Å². The second-order valence-corrected chi connectivity index (χ2v) is 4.47. The molecule has 0 bridgehead atoms. The van der Waals surface area contributed by atoms with Crippen molar-refractivity contribution in [3.8, 4) is 11.5 Å². The van der Waals surface area contributed by atoms with Gasteiger partial charge in [-0.2, -0.15) is 0 Å². The monoisotopic (exact) mass is 312 g/mol. The average Bonchev–Trinajstić information content (AvgIpc) is 2.54. The minimum Gasteiger partial charge on any atom is -0.493 e. The highest BCUT2D eigenvalue weighted by molar-refractivity contribution is 5.89. The Morgan fingerprint density at radius 2 is 1.59 bits per heavy atom. The number of carbonyl (C=O) groups excluding carboxylic acids is 1. The zero-order valence-electron chi connectivity index (χ0n) is 13.5. The highest BCUT2D eigenvalue weighted by Crippen LogP contribution is 2.29. The standard InChI is InChI=1S/C15H24N2O5/c1-19-9-7-17(8-10-20-2)15(18)16-12-5-6-13(21-3)14(11-12)22-4/h5-6,11H,7-10H2,1-4H3,(H,16,18). The summed E-state index contributed by atoms with van der Waals surface area (Å²) in [6, 6.07) is 4.98. The van der Waals surface area contributed by atoms with Gasteiger partial charge in [-0.25, -0.2) is 4.79 Å². The fourth-order valence-corrected chi connectivity index (χ4v) is 1.83. The molecule has 0 saturated carbocycles. The molecule has 0 aromatic heterocycles. The number of amides is 2. The number of anilines is 1. The first kappa shape index (κ1) is 18.1. The van der Waals surface area contributed by atoms with Crippen molar-refractivity contribution in [2.75, 3.05) is 60.1 Å². The number of urea groups is 1. The molecule has 1 aromatic carbocycles. The first-order valence-corrected chi connectivity index (χ1v) is 6.92. The number of nitrogens with zero attached hydrogens (tertiary/aromatic N) is 1. The van der Waals surface area contributed by atoms with Gasteiger partial charge in [-0.3, -0.25) is 0 Å². The van der Waals surface area contributed by atoms with Gasteiger partial charge in [0.25, 0.3) is 0 Å². The average molecular weight is 312 g/mol. The molecule has 2 amide bonds. The minimum absolute atomic E-state index is 0.221. The van der Waals surface area contributed by atoms with E-state index in [0.717, 1.165) is 0 Å². The maximum absolute atomic E-state index is 12.3. The summed E-state index contributed by atoms with van der Waals surface area (Å²) in [6.07, 6.45) is 0. The predicted molar refractivity (Wildman–Crippen MR) is 83.9 cm³/mol. The van der Waals surface area contributed by atoms with E-state index in [2.05, 4.69) is 5.32 Å². The molecule has 0 aliphatic rings. The van der Waals surface area contributed by atoms with Crippen LogP contribution < -0.4 is 14.8 Å². The van der Waals surface area contributed by atoms with Gasteiger partial charge in [-0.1, -0.05) is 0 Å². The third-order valence-electron chi connectivity index (χ3n) is 3.05. The fraction of sp³-hybridized carbons (Fsp3) is 0.533. The topological polar surface area (TPSA) is 69.3 Å². The van der Waals surface area contributed by atoms with E-state index in [1.54, 1.807) is 51.5 Å². The van der Waals surface area contributed by atoms with Crippen LogP contribution in [0.15, 0.2) is 18.2 Å². The van der Waals surface area contributed by atoms with Crippen LogP contribution in [0.5, 0.6) is 11.5 Å². The van der Waals surface area contributed by atoms with Crippen LogP contribution in [0.25, 0.3) is 0 Å². The van der Waals surface area contributed by atoms with Gasteiger partial charge < -0.3 is 29.2 Å². The van der Waals surface area contributed by atoms with Crippen LogP contribution >= 0.6 is 0 Å². The molecule has 0 fully saturated rings. The van der Waals surface area contributed by atoms with E-state index in [4.69, 9.17) is 18.9 Å². The van der Waals surface area contributed by atoms with E-state index < -0.39 is 0 Å². The summed E-state index contributed by atoms with van der Waals surface area (Å²) in [6.45, 7) is 1.89. The van der Waals surface area contributed by atoms with Crippen LogP contribution in [0.2, 0.25) is 0 Å². The number of nitrogens with one attached hydrogen (secondary N) is 1. The summed E-state index contributed by atoms with van der Waals surface area (Å²) in [4.78, 5) is 13.9. The maximum atomic E-state index is 12.3. The summed E-state index contributed by atoms with van der Waals surface area (Å²) in [5.74, 6) is 1.16. The number of rotatable bonds is 9. The first-order chi connectivity index (χ1) is 10.7. The normalized spacial score (nSPS) is 10.2. The summed E-state index contributed by atoms with van der Waals surface area (Å²) >= 11 is 0. The van der Waals surface area contributed by atoms with E-state index in [1.807, 2.05) is 0 Å². The summed E-state index contributed by atoms with van der Waals surface area (Å²) < 4.78 is 20.4. The summed E-state index contributed by atoms with van der Waals surface area (Å²) in [5.41, 5.74) is 0.627. The van der Waals surface area contributed by atoms with Gasteiger partial charge in [0.05, 0.1) is 27.4 Å². The smallest absolute Gasteiger partial charge is 0.322 e. The van der Waals surface area contributed by atoms with E-state index >= 15 is 0 Å². The lowest BCUT2D eigenvalue weighted by molar-refractivity contribution is 0.127. The van der Waals surface area contributed by atoms with Crippen LogP contribution in [0.3, 0.4) is 0 Å². The zero-order valence-corrected chi connectivity index (χ0v) is 13.5. The molecule has 1 aromatic rings. The highest BCUT2D eigenvalue weighted by atomic mass is 16.5. The molecule has 7 heteroatoms. The van der Waals surface area contributed by atoms with Gasteiger partial charge in [0.2, 0.25) is 0 Å². The number of hydrogen-bond acceptors (Lipinski definition) is 5. The molecule has 7 nitrogen and oxygen atoms in total. The second kappa shape index (κ2) is 9.86. The molecule has 0 saturated heterocycles. The number of benzene rings is 1. The SMILES string of the molecule is COCCN(CCOC)C(=O)Nc1ccc(OC)c(OC)c1. The van der Waals surface area contributed by atoms with Gasteiger partial charge in [-0.15, -0.1) is 0 Å². The Bertz CT molecular complexity index is 459. The molecule has 0 aliphatic carbocycles. The third-order valence-corrected chi connectivity index (χ3v) is 3.05. The van der Waals surface area contributed by atoms with Gasteiger partial charge in [0.15, 0.2) is 11.5 Å². The lowest BCUT2D eigenvalue weighted by atomic mass is 10.2. The van der Waals surface area contributed by atoms with Crippen molar-refractivity contribution in [1.29, 1.82) is 0 Å². The Balaban J connectivity index is 2.74. The fourth-order valence-electron chi connectivity index (χ4n) is 1.83. The number of carbonyl (C=O) groups is 1. The van der Waals surface area contributed by atoms with E-state index in [0.29, 0.717) is 43.5 Å². The van der Waals surface area contributed by atoms with Crippen molar-refractivity contribution in [3.63, 3.8) is 0 Å². The minimum atomic E-state index is -0.221. The molecular weight excluding hydrogens is 288 g/mol. The molecule has 1 N–H and O–H groups in total. The van der Waals surface area contributed by atoms with Gasteiger partial charge in [0, 0.05) is 39.1 Å². The van der Waals surface area contributed by atoms with Crippen LogP contribution in [-0.2, 0) is 9.47 Å². The number of hydrogen-bond donors (Lipinski definition) is 1. The van der Waals surface area contributed by atoms with E-state index in [9.17, 15) is 4.79 Å². The largest absolute Gasteiger partial charge is 0.493 e. The molecule has 0 unspecified atom stereocenters. The molecule has 124 valence electrons. The second-order valence-electron chi connectivity index (χ2n) is 4.47. The molecule has 0 spiro atoms. The summed E-state index contributed by atoms with van der Waals surface area (Å²) in [5, 5.41) is 2.83. The van der Waals surface area contributed by atoms with Gasteiger partial charge >= 0.3 is 6.03 Å². The first-order valence-electron chi connectivity index (χ1n) is 6.92. The van der Waals surface area contributed by atoms with Gasteiger partial charge in [-0.05, 0) is 12.1 Å². The Kier molecular flexibility index (Phi) is 8.09. The molecule has 0 atom stereocenters. The molecule has 0 heterocycles. The molecule has 0 radical (unpaired) electrons. The molecule has 1 rings (SSSR count). The van der Waals surface area contributed by atoms with Crippen molar-refractivity contribution in [1.82, 2.24) is 4.90 Å². The Hall–Kier alpha value is -1.99. The van der Waals surface area contributed by atoms with Gasteiger partial charge in [0.1, 0.15) is 0 Å². The lowest BCUT2D eigenvalue weighted by Gasteiger charge is -2.22. The number of methoxy groups -OCH3 is 4. The third kappa shape index (κ3) is 5.42. The number of ether oxygens (including phenoxy) is 4. The van der Waals surface area contributed by atoms with Crippen molar-refractivity contribution >= 4 is 11.7 Å². The molecule has 22 heavy (non-hydrogen) atoms. The Labute approximate surface area is 131 Å². The zero-order chi connectivity index (χ0) is 16.4. The van der Waals surface area contributed by atoms with Crippen LogP contribution in [0.1, 0.15) is 0 Å². The highest BCUT2D eigenvalue weighted by Gasteiger charge is 2.14. The van der Waals surface area contributed by atoms with E-state index in [1.165, 1.54) is 0 Å². The van der Waals surface area contributed by atoms with Crippen LogP contribution in [-0.4, -0.2) is 65.7 Å². The maximum Gasteiger partial charge on any atom is 0.322 e. The molecular formula is C15H24N2O5. The van der Waals surface area contributed by atoms with Crippen LogP contribution in [0, 0.1) is 0 Å². The van der Waals surface area contributed by atoms with E-state index in [-0.39, 0.29) is 6.03 Å². The quantitative estimate of drug-likeness (QED) is 0.753. The Morgan fingerprint density at radius 3 is 2.09 bits per heavy atom. The summed E-state index contributed by atoms with van der Waals surface area (Å²) in [7, 11) is 6.31.